The van der Waals surface area contributed by atoms with E-state index in [1.165, 1.54) is 4.90 Å². The number of aryl methyl sites for hydroxylation is 1. The Kier molecular flexibility index (Phi) is 5.07. The van der Waals surface area contributed by atoms with Crippen molar-refractivity contribution in [2.45, 2.75) is 18.9 Å². The van der Waals surface area contributed by atoms with Gasteiger partial charge < -0.3 is 9.84 Å². The van der Waals surface area contributed by atoms with E-state index in [0.717, 1.165) is 34.9 Å². The van der Waals surface area contributed by atoms with Gasteiger partial charge >= 0.3 is 0 Å². The summed E-state index contributed by atoms with van der Waals surface area (Å²) >= 11 is 0. The van der Waals surface area contributed by atoms with E-state index in [0.29, 0.717) is 23.4 Å². The van der Waals surface area contributed by atoms with Crippen LogP contribution in [0.2, 0.25) is 0 Å². The SMILES string of the molecule is O=C1C(=O)N(c2cccc3ccccc23)C(c2cccnc2)/C1=C(\O)c1ccc2c(c1)CCCO2. The quantitative estimate of drug-likeness (QED) is 0.258. The number of anilines is 1. The Labute approximate surface area is 202 Å². The molecule has 3 aromatic carbocycles. The molecule has 0 bridgehead atoms. The Bertz CT molecular complexity index is 1500. The summed E-state index contributed by atoms with van der Waals surface area (Å²) in [5.41, 5.74) is 2.76. The van der Waals surface area contributed by atoms with Crippen LogP contribution in [0.3, 0.4) is 0 Å². The summed E-state index contributed by atoms with van der Waals surface area (Å²) in [7, 11) is 0. The molecule has 1 amide bonds. The van der Waals surface area contributed by atoms with Crippen molar-refractivity contribution in [1.82, 2.24) is 4.98 Å². The number of benzene rings is 3. The molecule has 0 saturated carbocycles. The molecule has 0 spiro atoms. The molecule has 1 fully saturated rings. The van der Waals surface area contributed by atoms with Crippen LogP contribution in [0.1, 0.15) is 29.2 Å². The first-order chi connectivity index (χ1) is 17.1. The van der Waals surface area contributed by atoms with Crippen LogP contribution in [0.15, 0.2) is 90.8 Å². The maximum absolute atomic E-state index is 13.5. The van der Waals surface area contributed by atoms with Gasteiger partial charge in [0.15, 0.2) is 0 Å². The minimum atomic E-state index is -0.818. The van der Waals surface area contributed by atoms with E-state index in [-0.39, 0.29) is 11.3 Å². The number of rotatable bonds is 3. The summed E-state index contributed by atoms with van der Waals surface area (Å²) in [6, 6.07) is 21.5. The molecule has 172 valence electrons. The van der Waals surface area contributed by atoms with E-state index in [2.05, 4.69) is 4.98 Å². The molecule has 1 atom stereocenters. The molecule has 1 N–H and O–H groups in total. The van der Waals surface area contributed by atoms with Gasteiger partial charge in [0, 0.05) is 23.3 Å². The van der Waals surface area contributed by atoms with Gasteiger partial charge in [-0.2, -0.15) is 0 Å². The van der Waals surface area contributed by atoms with Crippen LogP contribution in [0.4, 0.5) is 5.69 Å². The highest BCUT2D eigenvalue weighted by atomic mass is 16.5. The fraction of sp³-hybridized carbons (Fsp3) is 0.138. The van der Waals surface area contributed by atoms with Crippen LogP contribution in [0.5, 0.6) is 5.75 Å². The zero-order valence-corrected chi connectivity index (χ0v) is 18.8. The van der Waals surface area contributed by atoms with Crippen molar-refractivity contribution in [2.24, 2.45) is 0 Å². The summed E-state index contributed by atoms with van der Waals surface area (Å²) in [6.07, 6.45) is 4.98. The van der Waals surface area contributed by atoms with Crippen molar-refractivity contribution in [3.05, 3.63) is 107 Å². The number of ether oxygens (including phenoxy) is 1. The predicted molar refractivity (Wildman–Crippen MR) is 133 cm³/mol. The molecular weight excluding hydrogens is 440 g/mol. The Hall–Kier alpha value is -4.45. The van der Waals surface area contributed by atoms with Gasteiger partial charge in [0.05, 0.1) is 23.9 Å². The topological polar surface area (TPSA) is 79.7 Å². The van der Waals surface area contributed by atoms with Crippen molar-refractivity contribution in [3.8, 4) is 5.75 Å². The van der Waals surface area contributed by atoms with E-state index in [1.54, 1.807) is 24.5 Å². The first kappa shape index (κ1) is 21.1. The highest BCUT2D eigenvalue weighted by Gasteiger charge is 2.47. The molecule has 0 aliphatic carbocycles. The molecule has 1 aromatic heterocycles. The van der Waals surface area contributed by atoms with Gasteiger partial charge in [-0.15, -0.1) is 0 Å². The monoisotopic (exact) mass is 462 g/mol. The zero-order valence-electron chi connectivity index (χ0n) is 18.8. The van der Waals surface area contributed by atoms with Crippen LogP contribution in [-0.2, 0) is 16.0 Å². The van der Waals surface area contributed by atoms with Gasteiger partial charge in [0.25, 0.3) is 11.7 Å². The lowest BCUT2D eigenvalue weighted by atomic mass is 9.94. The second kappa shape index (κ2) is 8.40. The van der Waals surface area contributed by atoms with Gasteiger partial charge in [-0.3, -0.25) is 19.5 Å². The second-order valence-corrected chi connectivity index (χ2v) is 8.73. The lowest BCUT2D eigenvalue weighted by Crippen LogP contribution is -2.29. The maximum Gasteiger partial charge on any atom is 0.300 e. The third-order valence-electron chi connectivity index (χ3n) is 6.65. The van der Waals surface area contributed by atoms with Crippen molar-refractivity contribution >= 4 is 33.9 Å². The van der Waals surface area contributed by atoms with Crippen molar-refractivity contribution in [1.29, 1.82) is 0 Å². The van der Waals surface area contributed by atoms with Crippen LogP contribution in [0.25, 0.3) is 16.5 Å². The number of carbonyl (C=O) groups excluding carboxylic acids is 2. The second-order valence-electron chi connectivity index (χ2n) is 8.73. The number of amides is 1. The average Bonchev–Trinajstić information content (AvgIpc) is 3.18. The molecule has 2 aliphatic rings. The van der Waals surface area contributed by atoms with Crippen LogP contribution >= 0.6 is 0 Å². The van der Waals surface area contributed by atoms with Crippen molar-refractivity contribution in [3.63, 3.8) is 0 Å². The smallest absolute Gasteiger partial charge is 0.300 e. The number of carbonyl (C=O) groups is 2. The van der Waals surface area contributed by atoms with Crippen molar-refractivity contribution < 1.29 is 19.4 Å². The molecule has 4 aromatic rings. The molecule has 1 unspecified atom stereocenters. The summed E-state index contributed by atoms with van der Waals surface area (Å²) in [5.74, 6) is -0.822. The van der Waals surface area contributed by atoms with E-state index >= 15 is 0 Å². The lowest BCUT2D eigenvalue weighted by molar-refractivity contribution is -0.132. The number of ketones is 1. The lowest BCUT2D eigenvalue weighted by Gasteiger charge is -2.26. The Morgan fingerprint density at radius 1 is 1.00 bits per heavy atom. The standard InChI is InChI=1S/C29H22N2O4/c32-27(20-12-13-24-19(16-20)9-5-15-35-24)25-26(21-8-4-14-30-17-21)31(29(34)28(25)33)23-11-3-7-18-6-1-2-10-22(18)23/h1-4,6-8,10-14,16-17,26,32H,5,9,15H2/b27-25+. The Morgan fingerprint density at radius 2 is 1.86 bits per heavy atom. The van der Waals surface area contributed by atoms with E-state index in [9.17, 15) is 14.7 Å². The average molecular weight is 463 g/mol. The zero-order chi connectivity index (χ0) is 23.9. The van der Waals surface area contributed by atoms with E-state index in [4.69, 9.17) is 4.74 Å². The third kappa shape index (κ3) is 3.46. The number of fused-ring (bicyclic) bond motifs is 2. The number of Topliss-reactive ketones (excluding diaryl/α,β-unsaturated/α-hetero) is 1. The van der Waals surface area contributed by atoms with Gasteiger partial charge in [0.1, 0.15) is 11.5 Å². The first-order valence-corrected chi connectivity index (χ1v) is 11.6. The van der Waals surface area contributed by atoms with Gasteiger partial charge in [-0.05, 0) is 59.7 Å². The number of pyridine rings is 1. The number of hydrogen-bond donors (Lipinski definition) is 1. The van der Waals surface area contributed by atoms with Gasteiger partial charge in [0.2, 0.25) is 0 Å². The molecule has 0 radical (unpaired) electrons. The molecule has 6 heteroatoms. The minimum Gasteiger partial charge on any atom is -0.507 e. The predicted octanol–water partition coefficient (Wildman–Crippen LogP) is 5.19. The normalized spacial score (nSPS) is 19.0. The molecule has 3 heterocycles. The molecule has 6 rings (SSSR count). The fourth-order valence-electron chi connectivity index (χ4n) is 5.02. The molecule has 6 nitrogen and oxygen atoms in total. The number of nitrogens with zero attached hydrogens (tertiary/aromatic N) is 2. The summed E-state index contributed by atoms with van der Waals surface area (Å²) in [5, 5.41) is 13.2. The van der Waals surface area contributed by atoms with Gasteiger partial charge in [-0.25, -0.2) is 0 Å². The largest absolute Gasteiger partial charge is 0.507 e. The maximum atomic E-state index is 13.5. The summed E-state index contributed by atoms with van der Waals surface area (Å²) in [4.78, 5) is 32.7. The molecule has 35 heavy (non-hydrogen) atoms. The van der Waals surface area contributed by atoms with Crippen LogP contribution < -0.4 is 9.64 Å². The van der Waals surface area contributed by atoms with Gasteiger partial charge in [-0.1, -0.05) is 42.5 Å². The Morgan fingerprint density at radius 3 is 2.71 bits per heavy atom. The highest BCUT2D eigenvalue weighted by Crippen LogP contribution is 2.44. The Balaban J connectivity index is 1.57. The van der Waals surface area contributed by atoms with E-state index in [1.807, 2.05) is 60.7 Å². The third-order valence-corrected chi connectivity index (χ3v) is 6.65. The summed E-state index contributed by atoms with van der Waals surface area (Å²) < 4.78 is 5.69. The highest BCUT2D eigenvalue weighted by molar-refractivity contribution is 6.52. The van der Waals surface area contributed by atoms with Crippen LogP contribution in [-0.4, -0.2) is 28.4 Å². The number of aliphatic hydroxyl groups is 1. The number of hydrogen-bond acceptors (Lipinski definition) is 5. The minimum absolute atomic E-state index is 0.0487. The summed E-state index contributed by atoms with van der Waals surface area (Å²) in [6.45, 7) is 0.662. The first-order valence-electron chi connectivity index (χ1n) is 11.6. The molecule has 2 aliphatic heterocycles. The van der Waals surface area contributed by atoms with Crippen molar-refractivity contribution in [2.75, 3.05) is 11.5 Å². The number of aliphatic hydroxyl groups excluding tert-OH is 1. The molecule has 1 saturated heterocycles. The fourth-order valence-corrected chi connectivity index (χ4v) is 5.02. The molecular formula is C29H22N2O4. The number of aromatic nitrogens is 1. The van der Waals surface area contributed by atoms with Crippen LogP contribution in [0, 0.1) is 0 Å². The van der Waals surface area contributed by atoms with E-state index < -0.39 is 17.7 Å².